The van der Waals surface area contributed by atoms with Crippen LogP contribution in [-0.4, -0.2) is 191 Å². The Kier molecular flexibility index (Phi) is 36.9. The first-order valence-electron chi connectivity index (χ1n) is 34.8. The van der Waals surface area contributed by atoms with Gasteiger partial charge in [-0.3, -0.25) is 77.8 Å². The van der Waals surface area contributed by atoms with E-state index in [4.69, 9.17) is 11.5 Å². The molecule has 1 fully saturated rings. The fraction of sp³-hybridized carbons (Fsp3) is 0.657. The number of rotatable bonds is 26. The van der Waals surface area contributed by atoms with Gasteiger partial charge in [-0.15, -0.1) is 0 Å². The number of Topliss-reactive ketones (excluding diaryl/α,β-unsaturated/α-hetero) is 6. The number of fused-ring (bicyclic) bond motifs is 1. The van der Waals surface area contributed by atoms with Crippen LogP contribution in [0.5, 0.6) is 0 Å². The number of aromatic amines is 1. The molecule has 1 aliphatic carbocycles. The lowest BCUT2D eigenvalue weighted by Crippen LogP contribution is -2.62. The SMILES string of the molecule is CC(=O)CN[C@]1(C)CCCCCCCC/C=C/CCC[C@@](C)(C(=O)NC(C)C(=O)N[C@@H](C)C(=O)NC(C)C(=O)N[C@@H](C)C(=O)C(=O)[C@H](C)NC[C@H](C)C(N)=O)NC(=O)[C@H](CC2CCC2)CN[C@@H](CCC(N)=O)C(=O)C(=O)[C@H](CO)NC(=O)[C@H](Cc2c[nH]c3ccccc23)NCC1=O.CN. The molecule has 0 spiro atoms. The van der Waals surface area contributed by atoms with Gasteiger partial charge in [-0.1, -0.05) is 88.6 Å². The van der Waals surface area contributed by atoms with Crippen molar-refractivity contribution in [2.45, 2.75) is 237 Å². The monoisotopic (exact) mass is 1390 g/mol. The van der Waals surface area contributed by atoms with E-state index < -0.39 is 148 Å². The van der Waals surface area contributed by atoms with Crippen molar-refractivity contribution in [1.29, 1.82) is 0 Å². The molecule has 29 heteroatoms. The summed E-state index contributed by atoms with van der Waals surface area (Å²) < 4.78 is 0. The molecule has 2 aromatic rings. The summed E-state index contributed by atoms with van der Waals surface area (Å²) in [5.41, 5.74) is 14.0. The average Bonchev–Trinajstić information content (AvgIpc) is 1.81. The van der Waals surface area contributed by atoms with Crippen LogP contribution in [0.1, 0.15) is 177 Å². The molecule has 2 unspecified atom stereocenters. The molecule has 4 rings (SSSR count). The van der Waals surface area contributed by atoms with E-state index in [2.05, 4.69) is 70.0 Å². The number of nitrogens with two attached hydrogens (primary N) is 3. The third-order valence-corrected chi connectivity index (χ3v) is 18.4. The third-order valence-electron chi connectivity index (χ3n) is 18.4. The van der Waals surface area contributed by atoms with E-state index in [-0.39, 0.29) is 75.8 Å². The third kappa shape index (κ3) is 28.3. The van der Waals surface area contributed by atoms with Crippen LogP contribution >= 0.6 is 0 Å². The van der Waals surface area contributed by atoms with Crippen LogP contribution in [0.2, 0.25) is 0 Å². The van der Waals surface area contributed by atoms with Crippen LogP contribution in [0.3, 0.4) is 0 Å². The molecule has 8 amide bonds. The van der Waals surface area contributed by atoms with Crippen molar-refractivity contribution in [2.75, 3.05) is 39.8 Å². The molecule has 0 saturated heterocycles. The average molecular weight is 1390 g/mol. The van der Waals surface area contributed by atoms with Crippen LogP contribution in [0.15, 0.2) is 42.6 Å². The van der Waals surface area contributed by atoms with Crippen molar-refractivity contribution in [1.82, 2.24) is 58.2 Å². The molecule has 0 bridgehead atoms. The van der Waals surface area contributed by atoms with Crippen LogP contribution < -0.4 is 70.4 Å². The number of H-pyrrole nitrogens is 1. The zero-order chi connectivity index (χ0) is 74.2. The normalized spacial score (nSPS) is 24.0. The van der Waals surface area contributed by atoms with Crippen molar-refractivity contribution in [2.24, 2.45) is 35.0 Å². The number of para-hydroxylation sites is 1. The topological polar surface area (TPSA) is 473 Å². The Hall–Kier alpha value is -7.96. The van der Waals surface area contributed by atoms with Crippen LogP contribution in [0.25, 0.3) is 10.9 Å². The maximum absolute atomic E-state index is 14.8. The first-order chi connectivity index (χ1) is 46.8. The van der Waals surface area contributed by atoms with Crippen LogP contribution in [0.4, 0.5) is 0 Å². The second-order valence-electron chi connectivity index (χ2n) is 26.9. The molecule has 12 atom stereocenters. The van der Waals surface area contributed by atoms with Gasteiger partial charge in [0, 0.05) is 42.5 Å². The fourth-order valence-electron chi connectivity index (χ4n) is 11.4. The molecule has 29 nitrogen and oxygen atoms in total. The van der Waals surface area contributed by atoms with Crippen molar-refractivity contribution in [3.63, 3.8) is 0 Å². The summed E-state index contributed by atoms with van der Waals surface area (Å²) >= 11 is 0. The van der Waals surface area contributed by atoms with Crippen molar-refractivity contribution >= 4 is 92.9 Å². The second-order valence-corrected chi connectivity index (χ2v) is 26.9. The molecular weight excluding hydrogens is 1280 g/mol. The highest BCUT2D eigenvalue weighted by atomic mass is 16.3. The summed E-state index contributed by atoms with van der Waals surface area (Å²) in [6.07, 6.45) is 15.1. The number of nitrogens with one attached hydrogen (secondary N) is 11. The highest BCUT2D eigenvalue weighted by molar-refractivity contribution is 6.41. The number of carbonyl (C=O) groups excluding carboxylic acids is 14. The van der Waals surface area contributed by atoms with Crippen LogP contribution in [-0.2, 0) is 73.5 Å². The van der Waals surface area contributed by atoms with Gasteiger partial charge in [-0.25, -0.2) is 0 Å². The number of allylic oxidation sites excluding steroid dienone is 2. The standard InChI is InChI=1S/C69H107N13O15.CH5N/c1-40(61(71)91)34-72-42(3)57(87)58(88)43(4)77-62(92)44(5)78-63(93)45(6)79-64(94)46(7)80-67(97)69(9)31-22-18-16-14-12-10-11-13-15-17-21-30-68(8,76-35-41(2)84)55(85)38-75-53(33-48-36-73-51-27-20-19-26-50(48)51)66(96)81-54(39-83)60(90)59(89)52(28-29-56(70)86)74-37-49(65(95)82-69)32-47-24-23-25-47;1-2/h14,16,19-20,26-27,36,40,42-47,49,52-54,72-76,83H,10-13,15,17-18,21-25,28-35,37-39H2,1-9H3,(H2,70,86)(H2,71,91)(H,77,92)(H,78,93)(H,79,94)(H,80,97)(H,81,96)(H,82,95);2H2,1H3/b16-14+;/t40-,42-,43-,44?,45-,46?,49+,52-,53-,54-,68+,69-;/m0./s1. The summed E-state index contributed by atoms with van der Waals surface area (Å²) in [7, 11) is 1.50. The molecule has 99 heavy (non-hydrogen) atoms. The molecule has 1 aliphatic heterocycles. The quantitative estimate of drug-likeness (QED) is 0.0447. The minimum absolute atomic E-state index is 0.00827. The predicted molar refractivity (Wildman–Crippen MR) is 373 cm³/mol. The van der Waals surface area contributed by atoms with E-state index in [1.807, 2.05) is 30.3 Å². The number of hydrogen-bond donors (Lipinski definition) is 15. The highest BCUT2D eigenvalue weighted by Gasteiger charge is 2.41. The minimum atomic E-state index is -1.81. The van der Waals surface area contributed by atoms with E-state index in [0.717, 1.165) is 68.7 Å². The number of carbonyl (C=O) groups is 14. The van der Waals surface area contributed by atoms with Gasteiger partial charge in [0.1, 0.15) is 35.5 Å². The summed E-state index contributed by atoms with van der Waals surface area (Å²) in [5.74, 6) is -12.2. The van der Waals surface area contributed by atoms with Gasteiger partial charge >= 0.3 is 0 Å². The van der Waals surface area contributed by atoms with Gasteiger partial charge in [0.25, 0.3) is 0 Å². The first-order valence-corrected chi connectivity index (χ1v) is 34.8. The number of aliphatic hydroxyl groups excluding tert-OH is 1. The van der Waals surface area contributed by atoms with Crippen molar-refractivity contribution in [3.05, 3.63) is 48.2 Å². The Labute approximate surface area is 581 Å². The largest absolute Gasteiger partial charge is 0.394 e. The number of amides is 8. The summed E-state index contributed by atoms with van der Waals surface area (Å²) in [6.45, 7) is 11.3. The number of primary amides is 2. The molecule has 1 saturated carbocycles. The second kappa shape index (κ2) is 42.9. The van der Waals surface area contributed by atoms with E-state index in [1.165, 1.54) is 55.5 Å². The molecular formula is C70H112N14O15. The lowest BCUT2D eigenvalue weighted by molar-refractivity contribution is -0.141. The lowest BCUT2D eigenvalue weighted by Gasteiger charge is -2.35. The van der Waals surface area contributed by atoms with Crippen molar-refractivity contribution < 1.29 is 72.2 Å². The Balaban J connectivity index is 0.0000126. The maximum atomic E-state index is 14.8. The molecule has 552 valence electrons. The Morgan fingerprint density at radius 3 is 1.81 bits per heavy atom. The highest BCUT2D eigenvalue weighted by Crippen LogP contribution is 2.33. The first kappa shape index (κ1) is 85.3. The number of aromatic nitrogens is 1. The zero-order valence-electron chi connectivity index (χ0n) is 59.6. The van der Waals surface area contributed by atoms with Gasteiger partial charge in [-0.2, -0.15) is 0 Å². The Morgan fingerprint density at radius 2 is 1.22 bits per heavy atom. The summed E-state index contributed by atoms with van der Waals surface area (Å²) in [6, 6.07) is -3.23. The van der Waals surface area contributed by atoms with Crippen molar-refractivity contribution in [3.8, 4) is 0 Å². The van der Waals surface area contributed by atoms with E-state index in [1.54, 1.807) is 20.0 Å². The summed E-state index contributed by atoms with van der Waals surface area (Å²) in [4.78, 5) is 192. The van der Waals surface area contributed by atoms with E-state index in [9.17, 15) is 72.2 Å². The number of ketones is 6. The van der Waals surface area contributed by atoms with Gasteiger partial charge < -0.3 is 69.8 Å². The maximum Gasteiger partial charge on any atom is 0.246 e. The molecule has 2 heterocycles. The van der Waals surface area contributed by atoms with E-state index in [0.29, 0.717) is 31.2 Å². The lowest BCUT2D eigenvalue weighted by atomic mass is 9.78. The number of hydrogen-bond acceptors (Lipinski definition) is 20. The molecule has 18 N–H and O–H groups in total. The van der Waals surface area contributed by atoms with Crippen LogP contribution in [0, 0.1) is 17.8 Å². The molecule has 1 aromatic heterocycles. The van der Waals surface area contributed by atoms with Gasteiger partial charge in [-0.05, 0) is 138 Å². The molecule has 0 radical (unpaired) electrons. The zero-order valence-corrected chi connectivity index (χ0v) is 59.6. The smallest absolute Gasteiger partial charge is 0.246 e. The molecule has 2 aliphatic rings. The predicted octanol–water partition coefficient (Wildman–Crippen LogP) is 0.388. The fourth-order valence-corrected chi connectivity index (χ4v) is 11.4. The van der Waals surface area contributed by atoms with E-state index >= 15 is 0 Å². The number of benzene rings is 1. The van der Waals surface area contributed by atoms with Gasteiger partial charge in [0.2, 0.25) is 70.4 Å². The molecule has 1 aromatic carbocycles. The minimum Gasteiger partial charge on any atom is -0.394 e. The van der Waals surface area contributed by atoms with Gasteiger partial charge in [0.15, 0.2) is 5.78 Å². The van der Waals surface area contributed by atoms with Gasteiger partial charge in [0.05, 0.1) is 55.3 Å². The Morgan fingerprint density at radius 1 is 0.657 bits per heavy atom. The Bertz CT molecular complexity index is 3130. The summed E-state index contributed by atoms with van der Waals surface area (Å²) in [5, 5.41) is 39.1. The number of aliphatic hydroxyl groups is 1.